The molecule has 4 heterocycles. The fourth-order valence-electron chi connectivity index (χ4n) is 6.64. The molecule has 4 aromatic rings. The van der Waals surface area contributed by atoms with Crippen molar-refractivity contribution in [2.45, 2.75) is 44.2 Å². The molecule has 3 aromatic carbocycles. The summed E-state index contributed by atoms with van der Waals surface area (Å²) in [7, 11) is 0. The number of benzene rings is 3. The molecule has 0 saturated carbocycles. The molecule has 1 N–H and O–H groups in total. The summed E-state index contributed by atoms with van der Waals surface area (Å²) in [5, 5.41) is 9.38. The zero-order valence-corrected chi connectivity index (χ0v) is 23.0. The van der Waals surface area contributed by atoms with Gasteiger partial charge in [0.1, 0.15) is 11.9 Å². The van der Waals surface area contributed by atoms with E-state index >= 15 is 0 Å². The molecule has 0 bridgehead atoms. The van der Waals surface area contributed by atoms with Crippen LogP contribution >= 0.6 is 0 Å². The lowest BCUT2D eigenvalue weighted by atomic mass is 9.97. The Labute approximate surface area is 242 Å². The van der Waals surface area contributed by atoms with Crippen molar-refractivity contribution in [1.29, 1.82) is 0 Å². The van der Waals surface area contributed by atoms with Crippen molar-refractivity contribution in [2.75, 3.05) is 22.9 Å². The molecule has 9 heteroatoms. The Morgan fingerprint density at radius 1 is 1.12 bits per heavy atom. The summed E-state index contributed by atoms with van der Waals surface area (Å²) in [5.74, 6) is -0.708. The number of anilines is 2. The van der Waals surface area contributed by atoms with E-state index in [9.17, 15) is 14.0 Å². The number of halogens is 1. The van der Waals surface area contributed by atoms with E-state index in [2.05, 4.69) is 28.0 Å². The predicted octanol–water partition coefficient (Wildman–Crippen LogP) is 5.91. The van der Waals surface area contributed by atoms with Crippen molar-refractivity contribution < 1.29 is 14.0 Å². The Hall–Kier alpha value is -4.97. The number of amides is 2. The smallest absolute Gasteiger partial charge is 0.259 e. The first-order valence-electron chi connectivity index (χ1n) is 14.2. The predicted molar refractivity (Wildman–Crippen MR) is 159 cm³/mol. The van der Waals surface area contributed by atoms with Crippen LogP contribution in [0.3, 0.4) is 0 Å². The van der Waals surface area contributed by atoms with Gasteiger partial charge in [0, 0.05) is 42.4 Å². The molecule has 8 nitrogen and oxygen atoms in total. The van der Waals surface area contributed by atoms with E-state index in [1.165, 1.54) is 6.07 Å². The van der Waals surface area contributed by atoms with Crippen molar-refractivity contribution in [1.82, 2.24) is 15.1 Å². The van der Waals surface area contributed by atoms with Crippen molar-refractivity contribution in [2.24, 2.45) is 0 Å². The molecule has 2 saturated heterocycles. The lowest BCUT2D eigenvalue weighted by Gasteiger charge is -2.34. The number of carbonyl (C=O) groups excluding carboxylic acids is 2. The minimum atomic E-state index is -0.558. The zero-order chi connectivity index (χ0) is 29.0. The average Bonchev–Trinajstić information content (AvgIpc) is 3.58. The number of hydrogen-bond donors (Lipinski definition) is 1. The molecular weight excluding hydrogens is 531 g/mol. The summed E-state index contributed by atoms with van der Waals surface area (Å²) < 4.78 is 16.7. The van der Waals surface area contributed by atoms with Crippen molar-refractivity contribution in [3.8, 4) is 0 Å². The highest BCUT2D eigenvalue weighted by Crippen LogP contribution is 2.41. The number of allylic oxidation sites excluding steroid dienone is 1. The number of rotatable bonds is 5. The highest BCUT2D eigenvalue weighted by atomic mass is 19.1. The maximum atomic E-state index is 14.7. The van der Waals surface area contributed by atoms with Crippen LogP contribution in [-0.2, 0) is 11.2 Å². The van der Waals surface area contributed by atoms with Gasteiger partial charge in [0.15, 0.2) is 5.69 Å². The van der Waals surface area contributed by atoms with E-state index in [-0.39, 0.29) is 23.7 Å². The van der Waals surface area contributed by atoms with Gasteiger partial charge in [0.2, 0.25) is 5.91 Å². The molecule has 1 aromatic heterocycles. The SMILES string of the molecule is [C-]#[N+]c1ccc(N2CCCC(n3cc(Cc4ccc5c6c(cccc46)C(=O)N5C4CCC(=C)NC4=O)cn3)C2)c(F)c1. The monoisotopic (exact) mass is 560 g/mol. The molecule has 7 rings (SSSR count). The second-order valence-corrected chi connectivity index (χ2v) is 11.3. The van der Waals surface area contributed by atoms with E-state index in [4.69, 9.17) is 6.57 Å². The Kier molecular flexibility index (Phi) is 6.27. The van der Waals surface area contributed by atoms with Gasteiger partial charge >= 0.3 is 0 Å². The zero-order valence-electron chi connectivity index (χ0n) is 23.0. The van der Waals surface area contributed by atoms with Crippen LogP contribution in [0.5, 0.6) is 0 Å². The third-order valence-corrected chi connectivity index (χ3v) is 8.67. The third kappa shape index (κ3) is 4.31. The quantitative estimate of drug-likeness (QED) is 0.308. The topological polar surface area (TPSA) is 74.8 Å². The first-order chi connectivity index (χ1) is 20.4. The molecule has 2 unspecified atom stereocenters. The van der Waals surface area contributed by atoms with Gasteiger partial charge in [-0.15, -0.1) is 0 Å². The molecule has 42 heavy (non-hydrogen) atoms. The van der Waals surface area contributed by atoms with Crippen LogP contribution in [0.1, 0.15) is 53.2 Å². The van der Waals surface area contributed by atoms with Crippen molar-refractivity contribution in [3.05, 3.63) is 107 Å². The van der Waals surface area contributed by atoms with Crippen LogP contribution in [0.25, 0.3) is 15.6 Å². The van der Waals surface area contributed by atoms with Crippen LogP contribution in [0, 0.1) is 12.4 Å². The van der Waals surface area contributed by atoms with Gasteiger partial charge in [-0.05, 0) is 66.5 Å². The van der Waals surface area contributed by atoms with Gasteiger partial charge in [0.05, 0.1) is 30.2 Å². The van der Waals surface area contributed by atoms with E-state index in [1.807, 2.05) is 46.1 Å². The molecule has 210 valence electrons. The molecule has 0 radical (unpaired) electrons. The standard InChI is InChI=1S/C33H29FN6O2/c1-20-8-11-30(32(41)37-20)40-29-12-9-22(25-6-3-7-26(31(25)29)33(40)42)15-21-17-36-39(18-21)24-5-4-14-38(19-24)28-13-10-23(35-2)16-27(28)34/h3,6-7,9-10,12-13,16-18,24,30H,1,4-5,8,11,14-15,19H2,(H,37,41). The summed E-state index contributed by atoms with van der Waals surface area (Å²) in [6.07, 6.45) is 7.63. The maximum Gasteiger partial charge on any atom is 0.259 e. The lowest BCUT2D eigenvalue weighted by Crippen LogP contribution is -2.51. The molecule has 0 aliphatic carbocycles. The average molecular weight is 561 g/mol. The molecule has 2 fully saturated rings. The van der Waals surface area contributed by atoms with E-state index in [0.717, 1.165) is 47.0 Å². The largest absolute Gasteiger partial charge is 0.367 e. The number of nitrogens with one attached hydrogen (secondary N) is 1. The van der Waals surface area contributed by atoms with Gasteiger partial charge in [-0.3, -0.25) is 19.2 Å². The van der Waals surface area contributed by atoms with Crippen LogP contribution in [-0.4, -0.2) is 40.7 Å². The highest BCUT2D eigenvalue weighted by Gasteiger charge is 2.40. The number of carbonyl (C=O) groups is 2. The van der Waals surface area contributed by atoms with Crippen molar-refractivity contribution in [3.63, 3.8) is 0 Å². The minimum absolute atomic E-state index is 0.101. The molecule has 2 amide bonds. The summed E-state index contributed by atoms with van der Waals surface area (Å²) >= 11 is 0. The Balaban J connectivity index is 1.13. The highest BCUT2D eigenvalue weighted by molar-refractivity contribution is 6.27. The van der Waals surface area contributed by atoms with Crippen LogP contribution in [0.4, 0.5) is 21.5 Å². The van der Waals surface area contributed by atoms with Crippen molar-refractivity contribution >= 4 is 39.6 Å². The lowest BCUT2D eigenvalue weighted by molar-refractivity contribution is -0.122. The molecule has 2 atom stereocenters. The number of aromatic nitrogens is 2. The first-order valence-corrected chi connectivity index (χ1v) is 14.2. The Bertz CT molecular complexity index is 1820. The normalized spacial score (nSPS) is 20.2. The summed E-state index contributed by atoms with van der Waals surface area (Å²) in [5.41, 5.74) is 5.03. The summed E-state index contributed by atoms with van der Waals surface area (Å²) in [6.45, 7) is 12.4. The molecule has 0 spiro atoms. The van der Waals surface area contributed by atoms with E-state index in [1.54, 1.807) is 17.0 Å². The minimum Gasteiger partial charge on any atom is -0.367 e. The number of hydrogen-bond acceptors (Lipinski definition) is 4. The summed E-state index contributed by atoms with van der Waals surface area (Å²) in [4.78, 5) is 33.3. The molecule has 3 aliphatic heterocycles. The fraction of sp³-hybridized carbons (Fsp3) is 0.273. The maximum absolute atomic E-state index is 14.7. The fourth-order valence-corrected chi connectivity index (χ4v) is 6.64. The summed E-state index contributed by atoms with van der Waals surface area (Å²) in [6, 6.07) is 14.0. The van der Waals surface area contributed by atoms with Crippen LogP contribution < -0.4 is 15.1 Å². The van der Waals surface area contributed by atoms with Gasteiger partial charge < -0.3 is 10.2 Å². The van der Waals surface area contributed by atoms with Gasteiger partial charge in [-0.1, -0.05) is 30.8 Å². The Morgan fingerprint density at radius 2 is 1.98 bits per heavy atom. The Morgan fingerprint density at radius 3 is 2.79 bits per heavy atom. The molecular formula is C33H29FN6O2. The van der Waals surface area contributed by atoms with Crippen LogP contribution in [0.2, 0.25) is 0 Å². The van der Waals surface area contributed by atoms with Gasteiger partial charge in [0.25, 0.3) is 5.91 Å². The number of piperidine rings is 2. The second kappa shape index (κ2) is 10.1. The van der Waals surface area contributed by atoms with E-state index in [0.29, 0.717) is 48.4 Å². The number of nitrogens with zero attached hydrogens (tertiary/aromatic N) is 5. The van der Waals surface area contributed by atoms with E-state index < -0.39 is 6.04 Å². The first kappa shape index (κ1) is 26.0. The van der Waals surface area contributed by atoms with Crippen LogP contribution in [0.15, 0.2) is 73.2 Å². The van der Waals surface area contributed by atoms with Gasteiger partial charge in [-0.25, -0.2) is 9.24 Å². The third-order valence-electron chi connectivity index (χ3n) is 8.67. The molecule has 3 aliphatic rings. The second-order valence-electron chi connectivity index (χ2n) is 11.3. The van der Waals surface area contributed by atoms with Gasteiger partial charge in [-0.2, -0.15) is 5.10 Å².